The van der Waals surface area contributed by atoms with Gasteiger partial charge in [-0.1, -0.05) is 42.5 Å². The van der Waals surface area contributed by atoms with Gasteiger partial charge < -0.3 is 4.90 Å². The van der Waals surface area contributed by atoms with E-state index in [1.165, 1.54) is 5.56 Å². The number of hydrogen-bond acceptors (Lipinski definition) is 1. The molecule has 0 spiro atoms. The lowest BCUT2D eigenvalue weighted by Crippen LogP contribution is -2.31. The summed E-state index contributed by atoms with van der Waals surface area (Å²) < 4.78 is 0. The highest BCUT2D eigenvalue weighted by molar-refractivity contribution is 5.74. The first-order valence-electron chi connectivity index (χ1n) is 5.60. The molecule has 0 saturated heterocycles. The quantitative estimate of drug-likeness (QED) is 0.709. The lowest BCUT2D eigenvalue weighted by Gasteiger charge is -2.27. The third-order valence-electron chi connectivity index (χ3n) is 2.69. The molecule has 0 bridgehead atoms. The van der Waals surface area contributed by atoms with Crippen LogP contribution in [0.1, 0.15) is 32.4 Å². The molecule has 0 aliphatic rings. The normalized spacial score (nSPS) is 12.7. The fourth-order valence-electron chi connectivity index (χ4n) is 1.69. The standard InChI is InChI=1S/C14H19NO/c1-4-5-11-15(13(3)16)12(2)14-9-7-6-8-10-14/h4-10,12H,11H2,1-3H3/b5-4+/t12-/m0/s1. The smallest absolute Gasteiger partial charge is 0.220 e. The zero-order valence-electron chi connectivity index (χ0n) is 10.2. The van der Waals surface area contributed by atoms with Gasteiger partial charge in [-0.15, -0.1) is 0 Å². The van der Waals surface area contributed by atoms with E-state index in [9.17, 15) is 4.79 Å². The first-order valence-corrected chi connectivity index (χ1v) is 5.60. The Balaban J connectivity index is 2.83. The molecule has 0 radical (unpaired) electrons. The van der Waals surface area contributed by atoms with Crippen molar-refractivity contribution in [3.05, 3.63) is 48.0 Å². The molecule has 1 rings (SSSR count). The highest BCUT2D eigenvalue weighted by Crippen LogP contribution is 2.19. The third kappa shape index (κ3) is 3.23. The highest BCUT2D eigenvalue weighted by Gasteiger charge is 2.16. The maximum Gasteiger partial charge on any atom is 0.220 e. The van der Waals surface area contributed by atoms with Gasteiger partial charge in [0.05, 0.1) is 6.04 Å². The Bertz CT molecular complexity index is 356. The van der Waals surface area contributed by atoms with Crippen molar-refractivity contribution in [2.75, 3.05) is 6.54 Å². The molecule has 2 heteroatoms. The molecule has 86 valence electrons. The SMILES string of the molecule is C/C=C/CN(C(C)=O)[C@@H](C)c1ccccc1. The van der Waals surface area contributed by atoms with Crippen molar-refractivity contribution in [3.63, 3.8) is 0 Å². The van der Waals surface area contributed by atoms with Crippen molar-refractivity contribution < 1.29 is 4.79 Å². The molecule has 1 aromatic carbocycles. The molecule has 0 N–H and O–H groups in total. The van der Waals surface area contributed by atoms with E-state index in [0.29, 0.717) is 6.54 Å². The van der Waals surface area contributed by atoms with E-state index in [0.717, 1.165) is 0 Å². The van der Waals surface area contributed by atoms with Crippen LogP contribution in [0.3, 0.4) is 0 Å². The monoisotopic (exact) mass is 217 g/mol. The van der Waals surface area contributed by atoms with Crippen molar-refractivity contribution in [2.24, 2.45) is 0 Å². The summed E-state index contributed by atoms with van der Waals surface area (Å²) in [4.78, 5) is 13.4. The predicted molar refractivity (Wildman–Crippen MR) is 67.1 cm³/mol. The second kappa shape index (κ2) is 6.11. The van der Waals surface area contributed by atoms with Crippen molar-refractivity contribution in [1.82, 2.24) is 4.90 Å². The number of amides is 1. The minimum atomic E-state index is 0.106. The van der Waals surface area contributed by atoms with Crippen molar-refractivity contribution >= 4 is 5.91 Å². The summed E-state index contributed by atoms with van der Waals surface area (Å²) in [7, 11) is 0. The first-order chi connectivity index (χ1) is 7.66. The minimum absolute atomic E-state index is 0.106. The minimum Gasteiger partial charge on any atom is -0.332 e. The number of carbonyl (C=O) groups is 1. The van der Waals surface area contributed by atoms with Crippen LogP contribution in [-0.2, 0) is 4.79 Å². The number of nitrogens with zero attached hydrogens (tertiary/aromatic N) is 1. The molecule has 0 aromatic heterocycles. The zero-order chi connectivity index (χ0) is 12.0. The summed E-state index contributed by atoms with van der Waals surface area (Å²) in [6, 6.07) is 10.2. The van der Waals surface area contributed by atoms with Crippen LogP contribution in [0.15, 0.2) is 42.5 Å². The average Bonchev–Trinajstić information content (AvgIpc) is 2.30. The van der Waals surface area contributed by atoms with E-state index in [2.05, 4.69) is 19.1 Å². The zero-order valence-corrected chi connectivity index (χ0v) is 10.2. The van der Waals surface area contributed by atoms with Crippen LogP contribution in [-0.4, -0.2) is 17.4 Å². The van der Waals surface area contributed by atoms with Gasteiger partial charge in [0.2, 0.25) is 5.91 Å². The van der Waals surface area contributed by atoms with Crippen molar-refractivity contribution in [3.8, 4) is 0 Å². The van der Waals surface area contributed by atoms with Gasteiger partial charge >= 0.3 is 0 Å². The van der Waals surface area contributed by atoms with E-state index >= 15 is 0 Å². The molecule has 0 fully saturated rings. The van der Waals surface area contributed by atoms with Crippen LogP contribution in [0.2, 0.25) is 0 Å². The molecule has 2 nitrogen and oxygen atoms in total. The van der Waals surface area contributed by atoms with Gasteiger partial charge in [-0.2, -0.15) is 0 Å². The molecule has 16 heavy (non-hydrogen) atoms. The molecule has 0 saturated carbocycles. The first kappa shape index (κ1) is 12.5. The number of rotatable bonds is 4. The van der Waals surface area contributed by atoms with Crippen LogP contribution in [0.4, 0.5) is 0 Å². The Morgan fingerprint density at radius 1 is 1.38 bits per heavy atom. The molecule has 1 atom stereocenters. The molecular weight excluding hydrogens is 198 g/mol. The third-order valence-corrected chi connectivity index (χ3v) is 2.69. The fraction of sp³-hybridized carbons (Fsp3) is 0.357. The molecule has 0 aliphatic heterocycles. The summed E-state index contributed by atoms with van der Waals surface area (Å²) in [5, 5.41) is 0. The predicted octanol–water partition coefficient (Wildman–Crippen LogP) is 3.17. The molecular formula is C14H19NO. The molecule has 0 unspecified atom stereocenters. The van der Waals surface area contributed by atoms with Crippen LogP contribution in [0.25, 0.3) is 0 Å². The Morgan fingerprint density at radius 3 is 2.50 bits per heavy atom. The lowest BCUT2D eigenvalue weighted by atomic mass is 10.1. The van der Waals surface area contributed by atoms with Crippen LogP contribution >= 0.6 is 0 Å². The highest BCUT2D eigenvalue weighted by atomic mass is 16.2. The van der Waals surface area contributed by atoms with E-state index in [1.54, 1.807) is 6.92 Å². The average molecular weight is 217 g/mol. The molecule has 1 amide bonds. The Labute approximate surface area is 97.6 Å². The second-order valence-corrected chi connectivity index (χ2v) is 3.83. The summed E-state index contributed by atoms with van der Waals surface area (Å²) in [6.45, 7) is 6.30. The fourth-order valence-corrected chi connectivity index (χ4v) is 1.69. The van der Waals surface area contributed by atoms with E-state index < -0.39 is 0 Å². The second-order valence-electron chi connectivity index (χ2n) is 3.83. The van der Waals surface area contributed by atoms with Gasteiger partial charge in [0.1, 0.15) is 0 Å². The molecule has 0 aliphatic carbocycles. The topological polar surface area (TPSA) is 20.3 Å². The Morgan fingerprint density at radius 2 is 2.00 bits per heavy atom. The molecule has 1 aromatic rings. The number of hydrogen-bond donors (Lipinski definition) is 0. The summed E-state index contributed by atoms with van der Waals surface area (Å²) in [5.74, 6) is 0.106. The van der Waals surface area contributed by atoms with E-state index in [4.69, 9.17) is 0 Å². The molecule has 0 heterocycles. The van der Waals surface area contributed by atoms with E-state index in [1.807, 2.05) is 42.2 Å². The summed E-state index contributed by atoms with van der Waals surface area (Å²) in [5.41, 5.74) is 1.17. The van der Waals surface area contributed by atoms with Gasteiger partial charge in [0.15, 0.2) is 0 Å². The largest absolute Gasteiger partial charge is 0.332 e. The Hall–Kier alpha value is -1.57. The summed E-state index contributed by atoms with van der Waals surface area (Å²) in [6.07, 6.45) is 3.97. The van der Waals surface area contributed by atoms with Gasteiger partial charge in [0.25, 0.3) is 0 Å². The van der Waals surface area contributed by atoms with Gasteiger partial charge in [0, 0.05) is 13.5 Å². The van der Waals surface area contributed by atoms with E-state index in [-0.39, 0.29) is 11.9 Å². The van der Waals surface area contributed by atoms with Crippen molar-refractivity contribution in [1.29, 1.82) is 0 Å². The maximum atomic E-state index is 11.6. The van der Waals surface area contributed by atoms with Crippen molar-refractivity contribution in [2.45, 2.75) is 26.8 Å². The van der Waals surface area contributed by atoms with Crippen LogP contribution in [0, 0.1) is 0 Å². The number of allylic oxidation sites excluding steroid dienone is 1. The number of benzene rings is 1. The maximum absolute atomic E-state index is 11.6. The summed E-state index contributed by atoms with van der Waals surface area (Å²) >= 11 is 0. The lowest BCUT2D eigenvalue weighted by molar-refractivity contribution is -0.130. The van der Waals surface area contributed by atoms with Gasteiger partial charge in [-0.25, -0.2) is 0 Å². The van der Waals surface area contributed by atoms with Crippen LogP contribution < -0.4 is 0 Å². The van der Waals surface area contributed by atoms with Gasteiger partial charge in [-0.05, 0) is 19.4 Å². The van der Waals surface area contributed by atoms with Gasteiger partial charge in [-0.3, -0.25) is 4.79 Å². The Kier molecular flexibility index (Phi) is 4.77. The number of carbonyl (C=O) groups excluding carboxylic acids is 1. The van der Waals surface area contributed by atoms with Crippen LogP contribution in [0.5, 0.6) is 0 Å².